The largest absolute Gasteiger partial charge is 0.326 e. The summed E-state index contributed by atoms with van der Waals surface area (Å²) in [5, 5.41) is 0. The van der Waals surface area contributed by atoms with Gasteiger partial charge >= 0.3 is 0 Å². The van der Waals surface area contributed by atoms with Crippen LogP contribution in [0.4, 0.5) is 0 Å². The molecule has 0 saturated carbocycles. The van der Waals surface area contributed by atoms with E-state index in [1.54, 1.807) is 0 Å². The summed E-state index contributed by atoms with van der Waals surface area (Å²) in [6.07, 6.45) is 7.71. The normalized spacial score (nSPS) is 17.1. The van der Waals surface area contributed by atoms with Gasteiger partial charge in [0.25, 0.3) is 0 Å². The van der Waals surface area contributed by atoms with E-state index in [-0.39, 0.29) is 0 Å². The molecule has 0 fully saturated rings. The molecule has 0 amide bonds. The lowest BCUT2D eigenvalue weighted by Gasteiger charge is -2.43. The van der Waals surface area contributed by atoms with Crippen molar-refractivity contribution in [2.45, 2.75) is 52.0 Å². The Kier molecular flexibility index (Phi) is 4.98. The minimum Gasteiger partial charge on any atom is -0.326 e. The Morgan fingerprint density at radius 3 is 2.00 bits per heavy atom. The second kappa shape index (κ2) is 4.99. The minimum atomic E-state index is 0.342. The van der Waals surface area contributed by atoms with E-state index in [0.717, 1.165) is 4.48 Å². The van der Waals surface area contributed by atoms with Crippen LogP contribution in [0.1, 0.15) is 46.5 Å². The highest BCUT2D eigenvalue weighted by Crippen LogP contribution is 2.27. The van der Waals surface area contributed by atoms with Gasteiger partial charge < -0.3 is 4.48 Å². The zero-order valence-electron chi connectivity index (χ0n) is 10.4. The summed E-state index contributed by atoms with van der Waals surface area (Å²) in [5.74, 6) is 0. The van der Waals surface area contributed by atoms with Crippen LogP contribution in [0.3, 0.4) is 0 Å². The maximum absolute atomic E-state index is 2.36. The molecule has 79 valence electrons. The fourth-order valence-corrected chi connectivity index (χ4v) is 1.60. The predicted molar refractivity (Wildman–Crippen MR) is 60.6 cm³/mol. The molecule has 0 aliphatic carbocycles. The number of unbranched alkanes of at least 4 members (excludes halogenated alkanes) is 2. The molecule has 13 heavy (non-hydrogen) atoms. The van der Waals surface area contributed by atoms with Crippen LogP contribution in [0.5, 0.6) is 0 Å². The summed E-state index contributed by atoms with van der Waals surface area (Å²) < 4.78 is 1.03. The van der Waals surface area contributed by atoms with Crippen molar-refractivity contribution in [1.29, 1.82) is 0 Å². The lowest BCUT2D eigenvalue weighted by Crippen LogP contribution is -2.54. The van der Waals surface area contributed by atoms with Crippen LogP contribution in [0.15, 0.2) is 0 Å². The number of rotatable bonds is 6. The van der Waals surface area contributed by atoms with Crippen molar-refractivity contribution >= 4 is 0 Å². The highest BCUT2D eigenvalue weighted by Gasteiger charge is 2.35. The van der Waals surface area contributed by atoms with Gasteiger partial charge in [-0.1, -0.05) is 26.7 Å². The summed E-state index contributed by atoms with van der Waals surface area (Å²) in [7, 11) is 6.85. The van der Waals surface area contributed by atoms with Gasteiger partial charge in [0.05, 0.1) is 26.7 Å². The average molecular weight is 185 g/mol. The third kappa shape index (κ3) is 3.68. The number of quaternary nitrogens is 1. The van der Waals surface area contributed by atoms with Gasteiger partial charge in [-0.3, -0.25) is 0 Å². The maximum atomic E-state index is 2.36. The van der Waals surface area contributed by atoms with Crippen molar-refractivity contribution in [3.05, 3.63) is 6.42 Å². The van der Waals surface area contributed by atoms with Gasteiger partial charge in [-0.15, -0.1) is 0 Å². The van der Waals surface area contributed by atoms with Crippen LogP contribution in [-0.2, 0) is 0 Å². The summed E-state index contributed by atoms with van der Waals surface area (Å²) >= 11 is 0. The van der Waals surface area contributed by atoms with Gasteiger partial charge in [0.15, 0.2) is 0 Å². The van der Waals surface area contributed by atoms with Gasteiger partial charge in [0.1, 0.15) is 0 Å². The average Bonchev–Trinajstić information content (AvgIpc) is 2.02. The van der Waals surface area contributed by atoms with Crippen LogP contribution in [0, 0.1) is 6.42 Å². The third-order valence-electron chi connectivity index (χ3n) is 3.44. The van der Waals surface area contributed by atoms with Crippen molar-refractivity contribution < 1.29 is 4.48 Å². The monoisotopic (exact) mass is 185 g/mol. The van der Waals surface area contributed by atoms with E-state index in [1.807, 2.05) is 0 Å². The first kappa shape index (κ1) is 13.0. The van der Waals surface area contributed by atoms with E-state index in [4.69, 9.17) is 0 Å². The highest BCUT2D eigenvalue weighted by molar-refractivity contribution is 4.87. The summed E-state index contributed by atoms with van der Waals surface area (Å²) in [5.41, 5.74) is 0.342. The molecule has 0 heterocycles. The molecule has 0 N–H and O–H groups in total. The van der Waals surface area contributed by atoms with E-state index in [2.05, 4.69) is 48.3 Å². The molecule has 0 aromatic carbocycles. The molecule has 0 saturated heterocycles. The number of hydrogen-bond donors (Lipinski definition) is 0. The van der Waals surface area contributed by atoms with Crippen molar-refractivity contribution in [3.63, 3.8) is 0 Å². The summed E-state index contributed by atoms with van der Waals surface area (Å²) in [6, 6.07) is 0. The second-order valence-corrected chi connectivity index (χ2v) is 5.12. The fraction of sp³-hybridized carbons (Fsp3) is 0.917. The van der Waals surface area contributed by atoms with E-state index < -0.39 is 0 Å². The summed E-state index contributed by atoms with van der Waals surface area (Å²) in [6.45, 7) is 6.82. The van der Waals surface area contributed by atoms with Gasteiger partial charge in [-0.05, 0) is 13.3 Å². The minimum absolute atomic E-state index is 0.342. The Balaban J connectivity index is 4.13. The Labute approximate surface area is 84.7 Å². The molecule has 0 aliphatic rings. The van der Waals surface area contributed by atoms with Crippen LogP contribution < -0.4 is 0 Å². The van der Waals surface area contributed by atoms with E-state index >= 15 is 0 Å². The van der Waals surface area contributed by atoms with Gasteiger partial charge in [-0.25, -0.2) is 0 Å². The zero-order chi connectivity index (χ0) is 10.5. The highest BCUT2D eigenvalue weighted by atomic mass is 15.3. The molecule has 1 heteroatoms. The first-order chi connectivity index (χ1) is 5.87. The van der Waals surface area contributed by atoms with Gasteiger partial charge in [0.2, 0.25) is 0 Å². The third-order valence-corrected chi connectivity index (χ3v) is 3.44. The molecule has 1 nitrogen and oxygen atoms in total. The molecule has 0 aromatic heterocycles. The predicted octanol–water partition coefficient (Wildman–Crippen LogP) is 3.26. The van der Waals surface area contributed by atoms with Crippen molar-refractivity contribution in [2.24, 2.45) is 0 Å². The van der Waals surface area contributed by atoms with Gasteiger partial charge in [-0.2, -0.15) is 0 Å². The Morgan fingerprint density at radius 2 is 1.69 bits per heavy atom. The topological polar surface area (TPSA) is 0 Å². The number of nitrogens with zero attached hydrogens (tertiary/aromatic N) is 1. The fourth-order valence-electron chi connectivity index (χ4n) is 1.60. The molecule has 1 atom stereocenters. The molecule has 0 aromatic rings. The lowest BCUT2D eigenvalue weighted by molar-refractivity contribution is -0.916. The van der Waals surface area contributed by atoms with E-state index in [0.29, 0.717) is 5.54 Å². The Bertz CT molecular complexity index is 135. The van der Waals surface area contributed by atoms with Crippen LogP contribution in [-0.4, -0.2) is 31.2 Å². The van der Waals surface area contributed by atoms with Crippen LogP contribution >= 0.6 is 0 Å². The van der Waals surface area contributed by atoms with Gasteiger partial charge in [0, 0.05) is 12.8 Å². The van der Waals surface area contributed by atoms with Crippen LogP contribution in [0.2, 0.25) is 0 Å². The molecular weight excluding hydrogens is 158 g/mol. The Morgan fingerprint density at radius 1 is 1.15 bits per heavy atom. The molecule has 0 aliphatic heterocycles. The van der Waals surface area contributed by atoms with E-state index in [1.165, 1.54) is 25.7 Å². The molecular formula is C12H27N+. The van der Waals surface area contributed by atoms with Crippen LogP contribution in [0.25, 0.3) is 0 Å². The standard InChI is InChI=1S/C12H27N/c1-7-9-10-11-12(3,8-2)13(4,5)6/h8H,7,9-11H2,1-6H3/q+1. The second-order valence-electron chi connectivity index (χ2n) is 5.12. The quantitative estimate of drug-likeness (QED) is 0.440. The van der Waals surface area contributed by atoms with Crippen molar-refractivity contribution in [1.82, 2.24) is 0 Å². The molecule has 0 spiro atoms. The van der Waals surface area contributed by atoms with Crippen molar-refractivity contribution in [2.75, 3.05) is 21.1 Å². The maximum Gasteiger partial charge on any atom is 0.0988 e. The first-order valence-electron chi connectivity index (χ1n) is 5.49. The first-order valence-corrected chi connectivity index (χ1v) is 5.49. The van der Waals surface area contributed by atoms with Crippen molar-refractivity contribution in [3.8, 4) is 0 Å². The Hall–Kier alpha value is -0.0400. The molecule has 0 bridgehead atoms. The smallest absolute Gasteiger partial charge is 0.0988 e. The summed E-state index contributed by atoms with van der Waals surface area (Å²) in [4.78, 5) is 0. The molecule has 1 radical (unpaired) electrons. The molecule has 1 unspecified atom stereocenters. The van der Waals surface area contributed by atoms with E-state index in [9.17, 15) is 0 Å². The SMILES string of the molecule is C[CH]C(C)(CCCCC)[N+](C)(C)C. The lowest BCUT2D eigenvalue weighted by atomic mass is 9.88. The zero-order valence-corrected chi connectivity index (χ0v) is 10.4. The molecule has 0 rings (SSSR count). The number of hydrogen-bond acceptors (Lipinski definition) is 0.